The van der Waals surface area contributed by atoms with Gasteiger partial charge in [0.1, 0.15) is 0 Å². The summed E-state index contributed by atoms with van der Waals surface area (Å²) in [6, 6.07) is 12.0. The summed E-state index contributed by atoms with van der Waals surface area (Å²) in [5.74, 6) is 0.713. The van der Waals surface area contributed by atoms with Crippen LogP contribution in [0.1, 0.15) is 35.4 Å². The number of aryl methyl sites for hydroxylation is 2. The molecule has 0 spiro atoms. The number of pyridine rings is 1. The molecule has 0 amide bonds. The summed E-state index contributed by atoms with van der Waals surface area (Å²) in [4.78, 5) is 9.38. The Morgan fingerprint density at radius 3 is 2.17 bits per heavy atom. The molecule has 2 aliphatic rings. The summed E-state index contributed by atoms with van der Waals surface area (Å²) < 4.78 is 0. The van der Waals surface area contributed by atoms with Crippen molar-refractivity contribution >= 4 is 5.69 Å². The normalized spacial score (nSPS) is 20.2. The average molecular weight is 321 g/mol. The first-order valence-electron chi connectivity index (χ1n) is 9.16. The molecule has 0 atom stereocenters. The summed E-state index contributed by atoms with van der Waals surface area (Å²) in [6.45, 7) is 9.20. The van der Waals surface area contributed by atoms with Crippen molar-refractivity contribution in [2.24, 2.45) is 0 Å². The number of anilines is 1. The van der Waals surface area contributed by atoms with Crippen LogP contribution in [-0.4, -0.2) is 42.1 Å². The van der Waals surface area contributed by atoms with E-state index in [9.17, 15) is 0 Å². The minimum atomic E-state index is 0.713. The molecule has 3 heterocycles. The topological polar surface area (TPSA) is 19.4 Å². The molecular formula is C21H27N3. The molecule has 2 saturated heterocycles. The van der Waals surface area contributed by atoms with Gasteiger partial charge in [0, 0.05) is 56.2 Å². The molecule has 0 aliphatic carbocycles. The molecule has 0 N–H and O–H groups in total. The Morgan fingerprint density at radius 1 is 0.917 bits per heavy atom. The van der Waals surface area contributed by atoms with Crippen LogP contribution in [0.2, 0.25) is 0 Å². The molecule has 2 fully saturated rings. The minimum Gasteiger partial charge on any atom is -0.371 e. The van der Waals surface area contributed by atoms with Crippen LogP contribution in [0.5, 0.6) is 0 Å². The zero-order chi connectivity index (χ0) is 16.5. The van der Waals surface area contributed by atoms with Gasteiger partial charge in [-0.05, 0) is 67.6 Å². The lowest BCUT2D eigenvalue weighted by atomic mass is 9.88. The number of benzene rings is 1. The van der Waals surface area contributed by atoms with Gasteiger partial charge < -0.3 is 4.90 Å². The molecule has 0 unspecified atom stereocenters. The summed E-state index contributed by atoms with van der Waals surface area (Å²) in [5.41, 5.74) is 5.60. The van der Waals surface area contributed by atoms with Crippen molar-refractivity contribution in [2.75, 3.05) is 31.1 Å². The zero-order valence-electron chi connectivity index (χ0n) is 14.8. The van der Waals surface area contributed by atoms with Gasteiger partial charge in [-0.25, -0.2) is 0 Å². The van der Waals surface area contributed by atoms with Gasteiger partial charge >= 0.3 is 0 Å². The van der Waals surface area contributed by atoms with Crippen LogP contribution in [0.4, 0.5) is 5.69 Å². The van der Waals surface area contributed by atoms with Crippen LogP contribution in [0.25, 0.3) is 0 Å². The molecule has 3 nitrogen and oxygen atoms in total. The molecule has 4 rings (SSSR count). The van der Waals surface area contributed by atoms with Crippen molar-refractivity contribution in [3.8, 4) is 0 Å². The van der Waals surface area contributed by atoms with Gasteiger partial charge in [-0.3, -0.25) is 9.88 Å². The van der Waals surface area contributed by atoms with Gasteiger partial charge in [0.2, 0.25) is 0 Å². The maximum Gasteiger partial charge on any atom is 0.0371 e. The number of hydrogen-bond acceptors (Lipinski definition) is 3. The average Bonchev–Trinajstić information content (AvgIpc) is 2.54. The van der Waals surface area contributed by atoms with Gasteiger partial charge in [0.05, 0.1) is 0 Å². The van der Waals surface area contributed by atoms with Crippen LogP contribution in [0, 0.1) is 13.8 Å². The lowest BCUT2D eigenvalue weighted by Crippen LogP contribution is -2.54. The lowest BCUT2D eigenvalue weighted by molar-refractivity contribution is 0.0766. The van der Waals surface area contributed by atoms with Crippen LogP contribution >= 0.6 is 0 Å². The Kier molecular flexibility index (Phi) is 4.28. The molecular weight excluding hydrogens is 294 g/mol. The number of nitrogens with zero attached hydrogens (tertiary/aromatic N) is 3. The molecule has 3 heteroatoms. The molecule has 1 aromatic carbocycles. The van der Waals surface area contributed by atoms with Gasteiger partial charge in [0.15, 0.2) is 0 Å². The van der Waals surface area contributed by atoms with E-state index in [4.69, 9.17) is 0 Å². The fraction of sp³-hybridized carbons (Fsp3) is 0.476. The second kappa shape index (κ2) is 6.56. The van der Waals surface area contributed by atoms with Gasteiger partial charge in [-0.2, -0.15) is 0 Å². The zero-order valence-corrected chi connectivity index (χ0v) is 14.8. The quantitative estimate of drug-likeness (QED) is 0.858. The van der Waals surface area contributed by atoms with E-state index in [1.807, 2.05) is 12.4 Å². The minimum absolute atomic E-state index is 0.713. The number of likely N-dealkylation sites (tertiary alicyclic amines) is 1. The van der Waals surface area contributed by atoms with Crippen molar-refractivity contribution in [1.82, 2.24) is 9.88 Å². The third kappa shape index (κ3) is 3.18. The number of rotatable bonds is 3. The summed E-state index contributed by atoms with van der Waals surface area (Å²) in [5, 5.41) is 0. The van der Waals surface area contributed by atoms with Crippen LogP contribution in [0.15, 0.2) is 42.7 Å². The van der Waals surface area contributed by atoms with Crippen LogP contribution in [0.3, 0.4) is 0 Å². The maximum atomic E-state index is 4.13. The summed E-state index contributed by atoms with van der Waals surface area (Å²) in [7, 11) is 0. The van der Waals surface area contributed by atoms with Crippen molar-refractivity contribution in [3.05, 3.63) is 59.4 Å². The van der Waals surface area contributed by atoms with Crippen molar-refractivity contribution in [3.63, 3.8) is 0 Å². The Bertz CT molecular complexity index is 663. The number of aromatic nitrogens is 1. The third-order valence-corrected chi connectivity index (χ3v) is 5.64. The smallest absolute Gasteiger partial charge is 0.0371 e. The van der Waals surface area contributed by atoms with E-state index in [-0.39, 0.29) is 0 Å². The van der Waals surface area contributed by atoms with E-state index in [2.05, 4.69) is 59.0 Å². The van der Waals surface area contributed by atoms with Crippen molar-refractivity contribution in [1.29, 1.82) is 0 Å². The highest BCUT2D eigenvalue weighted by Crippen LogP contribution is 2.32. The highest BCUT2D eigenvalue weighted by atomic mass is 15.2. The molecule has 0 radical (unpaired) electrons. The summed E-state index contributed by atoms with van der Waals surface area (Å²) in [6.07, 6.45) is 6.41. The molecule has 2 aliphatic heterocycles. The van der Waals surface area contributed by atoms with Gasteiger partial charge in [-0.15, -0.1) is 0 Å². The SMILES string of the molecule is Cc1cc(C)cc(N2CCC(N3CC(c4ccncc4)C3)CC2)c1. The van der Waals surface area contributed by atoms with Crippen molar-refractivity contribution < 1.29 is 0 Å². The largest absolute Gasteiger partial charge is 0.371 e. The summed E-state index contributed by atoms with van der Waals surface area (Å²) >= 11 is 0. The predicted octanol–water partition coefficient (Wildman–Crippen LogP) is 3.77. The van der Waals surface area contributed by atoms with Gasteiger partial charge in [0.25, 0.3) is 0 Å². The molecule has 0 saturated carbocycles. The van der Waals surface area contributed by atoms with Crippen LogP contribution < -0.4 is 4.90 Å². The first-order chi connectivity index (χ1) is 11.7. The first kappa shape index (κ1) is 15.6. The fourth-order valence-corrected chi connectivity index (χ4v) is 4.28. The van der Waals surface area contributed by atoms with E-state index in [1.54, 1.807) is 0 Å². The van der Waals surface area contributed by atoms with E-state index >= 15 is 0 Å². The second-order valence-electron chi connectivity index (χ2n) is 7.50. The Morgan fingerprint density at radius 2 is 1.54 bits per heavy atom. The first-order valence-corrected chi connectivity index (χ1v) is 9.16. The molecule has 126 valence electrons. The predicted molar refractivity (Wildman–Crippen MR) is 99.7 cm³/mol. The van der Waals surface area contributed by atoms with Gasteiger partial charge in [-0.1, -0.05) is 6.07 Å². The molecule has 1 aromatic heterocycles. The highest BCUT2D eigenvalue weighted by Gasteiger charge is 2.34. The Labute approximate surface area is 145 Å². The third-order valence-electron chi connectivity index (χ3n) is 5.64. The van der Waals surface area contributed by atoms with E-state index in [0.717, 1.165) is 6.04 Å². The monoisotopic (exact) mass is 321 g/mol. The highest BCUT2D eigenvalue weighted by molar-refractivity contribution is 5.51. The number of piperidine rings is 1. The van der Waals surface area contributed by atoms with Crippen molar-refractivity contribution in [2.45, 2.75) is 38.6 Å². The fourth-order valence-electron chi connectivity index (χ4n) is 4.28. The number of hydrogen-bond donors (Lipinski definition) is 0. The second-order valence-corrected chi connectivity index (χ2v) is 7.50. The Hall–Kier alpha value is -1.87. The van der Waals surface area contributed by atoms with E-state index in [1.165, 1.54) is 61.4 Å². The standard InChI is InChI=1S/C21H27N3/c1-16-11-17(2)13-21(12-16)23-9-5-20(6-10-23)24-14-19(15-24)18-3-7-22-8-4-18/h3-4,7-8,11-13,19-20H,5-6,9-10,14-15H2,1-2H3. The lowest BCUT2D eigenvalue weighted by Gasteiger charge is -2.47. The molecule has 24 heavy (non-hydrogen) atoms. The molecule has 0 bridgehead atoms. The van der Waals surface area contributed by atoms with Crippen LogP contribution in [-0.2, 0) is 0 Å². The van der Waals surface area contributed by atoms with E-state index in [0.29, 0.717) is 5.92 Å². The van der Waals surface area contributed by atoms with E-state index < -0.39 is 0 Å². The molecule has 2 aromatic rings. The Balaban J connectivity index is 1.31. The maximum absolute atomic E-state index is 4.13.